The third-order valence-electron chi connectivity index (χ3n) is 2.36. The molecular weight excluding hydrogens is 194 g/mol. The summed E-state index contributed by atoms with van der Waals surface area (Å²) in [5.74, 6) is 0. The molecule has 0 fully saturated rings. The smallest absolute Gasteiger partial charge is 0.277 e. The molecule has 2 aromatic carbocycles. The van der Waals surface area contributed by atoms with Crippen LogP contribution < -0.4 is 0 Å². The Morgan fingerprint density at radius 1 is 1.13 bits per heavy atom. The molecule has 76 valence electrons. The van der Waals surface area contributed by atoms with Crippen molar-refractivity contribution in [1.29, 1.82) is 0 Å². The summed E-state index contributed by atoms with van der Waals surface area (Å²) in [6.07, 6.45) is 0. The molecule has 0 spiro atoms. The van der Waals surface area contributed by atoms with Gasteiger partial charge in [-0.1, -0.05) is 24.3 Å². The van der Waals surface area contributed by atoms with Crippen LogP contribution in [0.1, 0.15) is 5.56 Å². The predicted octanol–water partition coefficient (Wildman–Crippen LogP) is 2.24. The van der Waals surface area contributed by atoms with E-state index in [0.29, 0.717) is 10.9 Å². The van der Waals surface area contributed by atoms with E-state index in [1.54, 1.807) is 30.3 Å². The van der Waals surface area contributed by atoms with E-state index in [1.165, 1.54) is 6.07 Å². The molecule has 1 N–H and O–H groups in total. The molecule has 0 bridgehead atoms. The van der Waals surface area contributed by atoms with Gasteiger partial charge in [-0.2, -0.15) is 0 Å². The Morgan fingerprint density at radius 2 is 1.80 bits per heavy atom. The van der Waals surface area contributed by atoms with Crippen LogP contribution in [0, 0.1) is 10.1 Å². The highest BCUT2D eigenvalue weighted by atomic mass is 16.6. The number of nitro groups is 1. The fourth-order valence-electron chi connectivity index (χ4n) is 1.66. The lowest BCUT2D eigenvalue weighted by Gasteiger charge is -2.03. The molecule has 0 unspecified atom stereocenters. The van der Waals surface area contributed by atoms with Crippen LogP contribution in [0.25, 0.3) is 10.8 Å². The van der Waals surface area contributed by atoms with Crippen molar-refractivity contribution in [2.75, 3.05) is 0 Å². The molecule has 0 amide bonds. The minimum atomic E-state index is -0.413. The third-order valence-corrected chi connectivity index (χ3v) is 2.36. The molecule has 0 aliphatic rings. The molecule has 4 heteroatoms. The van der Waals surface area contributed by atoms with Gasteiger partial charge >= 0.3 is 0 Å². The Hall–Kier alpha value is -1.94. The Kier molecular flexibility index (Phi) is 2.35. The van der Waals surface area contributed by atoms with Crippen molar-refractivity contribution >= 4 is 16.5 Å². The van der Waals surface area contributed by atoms with E-state index in [0.717, 1.165) is 5.39 Å². The average Bonchev–Trinajstić information content (AvgIpc) is 2.27. The van der Waals surface area contributed by atoms with Crippen LogP contribution in [-0.4, -0.2) is 10.0 Å². The molecule has 0 atom stereocenters. The lowest BCUT2D eigenvalue weighted by molar-refractivity contribution is -0.383. The zero-order valence-electron chi connectivity index (χ0n) is 7.88. The summed E-state index contributed by atoms with van der Waals surface area (Å²) in [5.41, 5.74) is 0.777. The molecule has 0 aliphatic carbocycles. The highest BCUT2D eigenvalue weighted by Gasteiger charge is 2.11. The molecule has 0 heterocycles. The van der Waals surface area contributed by atoms with Gasteiger partial charge in [0.1, 0.15) is 0 Å². The van der Waals surface area contributed by atoms with Gasteiger partial charge in [-0.3, -0.25) is 10.1 Å². The Bertz CT molecular complexity index is 522. The second-order valence-corrected chi connectivity index (χ2v) is 3.20. The summed E-state index contributed by atoms with van der Waals surface area (Å²) < 4.78 is 0. The standard InChI is InChI=1S/C11H9NO3/c13-7-8-3-1-5-10-9(8)4-2-6-11(10)12(14)15/h1-6,13H,7H2. The van der Waals surface area contributed by atoms with E-state index in [9.17, 15) is 10.1 Å². The first-order chi connectivity index (χ1) is 7.24. The molecule has 0 saturated carbocycles. The quantitative estimate of drug-likeness (QED) is 0.601. The maximum atomic E-state index is 10.8. The summed E-state index contributed by atoms with van der Waals surface area (Å²) >= 11 is 0. The minimum absolute atomic E-state index is 0.0720. The van der Waals surface area contributed by atoms with Crippen molar-refractivity contribution in [3.05, 3.63) is 52.1 Å². The minimum Gasteiger partial charge on any atom is -0.392 e. The molecular formula is C11H9NO3. The number of non-ortho nitro benzene ring substituents is 1. The van der Waals surface area contributed by atoms with Gasteiger partial charge in [0.25, 0.3) is 5.69 Å². The number of fused-ring (bicyclic) bond motifs is 1. The van der Waals surface area contributed by atoms with Crippen LogP contribution in [0.5, 0.6) is 0 Å². The number of nitrogens with zero attached hydrogens (tertiary/aromatic N) is 1. The highest BCUT2D eigenvalue weighted by Crippen LogP contribution is 2.27. The molecule has 0 aliphatic heterocycles. The highest BCUT2D eigenvalue weighted by molar-refractivity contribution is 5.93. The second kappa shape index (κ2) is 3.67. The number of aliphatic hydroxyl groups excluding tert-OH is 1. The van der Waals surface area contributed by atoms with Gasteiger partial charge in [0.05, 0.1) is 16.9 Å². The Morgan fingerprint density at radius 3 is 2.47 bits per heavy atom. The zero-order chi connectivity index (χ0) is 10.8. The lowest BCUT2D eigenvalue weighted by atomic mass is 10.0. The zero-order valence-corrected chi connectivity index (χ0v) is 7.88. The van der Waals surface area contributed by atoms with Crippen LogP contribution in [-0.2, 0) is 6.61 Å². The van der Waals surface area contributed by atoms with Gasteiger partial charge in [0.2, 0.25) is 0 Å². The van der Waals surface area contributed by atoms with Crippen LogP contribution in [0.4, 0.5) is 5.69 Å². The van der Waals surface area contributed by atoms with Gasteiger partial charge in [-0.15, -0.1) is 0 Å². The van der Waals surface area contributed by atoms with Crippen molar-refractivity contribution in [2.24, 2.45) is 0 Å². The number of hydrogen-bond acceptors (Lipinski definition) is 3. The molecule has 15 heavy (non-hydrogen) atoms. The van der Waals surface area contributed by atoms with Crippen molar-refractivity contribution in [3.63, 3.8) is 0 Å². The number of hydrogen-bond donors (Lipinski definition) is 1. The number of aliphatic hydroxyl groups is 1. The predicted molar refractivity (Wildman–Crippen MR) is 56.5 cm³/mol. The van der Waals surface area contributed by atoms with E-state index < -0.39 is 4.92 Å². The van der Waals surface area contributed by atoms with Crippen molar-refractivity contribution < 1.29 is 10.0 Å². The molecule has 0 aromatic heterocycles. The first kappa shape index (κ1) is 9.61. The molecule has 2 aromatic rings. The topological polar surface area (TPSA) is 63.4 Å². The van der Waals surface area contributed by atoms with Crippen molar-refractivity contribution in [1.82, 2.24) is 0 Å². The maximum Gasteiger partial charge on any atom is 0.277 e. The van der Waals surface area contributed by atoms with Crippen molar-refractivity contribution in [2.45, 2.75) is 6.61 Å². The van der Waals surface area contributed by atoms with Gasteiger partial charge in [-0.25, -0.2) is 0 Å². The molecule has 0 saturated heterocycles. The third kappa shape index (κ3) is 1.55. The van der Waals surface area contributed by atoms with Gasteiger partial charge in [0.15, 0.2) is 0 Å². The van der Waals surface area contributed by atoms with Crippen LogP contribution in [0.15, 0.2) is 36.4 Å². The Labute approximate surface area is 85.9 Å². The maximum absolute atomic E-state index is 10.8. The van der Waals surface area contributed by atoms with E-state index >= 15 is 0 Å². The van der Waals surface area contributed by atoms with Crippen LogP contribution in [0.3, 0.4) is 0 Å². The summed E-state index contributed by atoms with van der Waals surface area (Å²) in [6, 6.07) is 10.0. The van der Waals surface area contributed by atoms with Gasteiger partial charge < -0.3 is 5.11 Å². The van der Waals surface area contributed by atoms with E-state index in [4.69, 9.17) is 5.11 Å². The number of benzene rings is 2. The van der Waals surface area contributed by atoms with Crippen LogP contribution in [0.2, 0.25) is 0 Å². The van der Waals surface area contributed by atoms with Gasteiger partial charge in [0, 0.05) is 6.07 Å². The SMILES string of the molecule is O=[N+]([O-])c1cccc2c(CO)cccc12. The summed E-state index contributed by atoms with van der Waals surface area (Å²) in [6.45, 7) is -0.113. The van der Waals surface area contributed by atoms with Crippen molar-refractivity contribution in [3.8, 4) is 0 Å². The normalized spacial score (nSPS) is 10.5. The van der Waals surface area contributed by atoms with E-state index in [2.05, 4.69) is 0 Å². The largest absolute Gasteiger partial charge is 0.392 e. The molecule has 2 rings (SSSR count). The number of nitro benzene ring substituents is 1. The fraction of sp³-hybridized carbons (Fsp3) is 0.0909. The number of rotatable bonds is 2. The lowest BCUT2D eigenvalue weighted by Crippen LogP contribution is -1.91. The monoisotopic (exact) mass is 203 g/mol. The first-order valence-corrected chi connectivity index (χ1v) is 4.50. The second-order valence-electron chi connectivity index (χ2n) is 3.20. The van der Waals surface area contributed by atoms with Crippen LogP contribution >= 0.6 is 0 Å². The fourth-order valence-corrected chi connectivity index (χ4v) is 1.66. The molecule has 0 radical (unpaired) electrons. The summed E-state index contributed by atoms with van der Waals surface area (Å²) in [4.78, 5) is 10.3. The first-order valence-electron chi connectivity index (χ1n) is 4.50. The summed E-state index contributed by atoms with van der Waals surface area (Å²) in [7, 11) is 0. The molecule has 4 nitrogen and oxygen atoms in total. The summed E-state index contributed by atoms with van der Waals surface area (Å²) in [5, 5.41) is 21.1. The average molecular weight is 203 g/mol. The Balaban J connectivity index is 2.82. The van der Waals surface area contributed by atoms with E-state index in [1.807, 2.05) is 0 Å². The van der Waals surface area contributed by atoms with Gasteiger partial charge in [-0.05, 0) is 17.0 Å². The van der Waals surface area contributed by atoms with E-state index in [-0.39, 0.29) is 12.3 Å².